The number of hydrogen-bond donors (Lipinski definition) is 3. The Labute approximate surface area is 268 Å². The average molecular weight is 629 g/mol. The molecule has 0 bridgehead atoms. The monoisotopic (exact) mass is 628 g/mol. The van der Waals surface area contributed by atoms with Gasteiger partial charge >= 0.3 is 0 Å². The second-order valence-corrected chi connectivity index (χ2v) is 12.5. The number of carbonyl (C=O) groups is 4. The average Bonchev–Trinajstić information content (AvgIpc) is 3.46. The van der Waals surface area contributed by atoms with Crippen molar-refractivity contribution in [1.29, 1.82) is 0 Å². The summed E-state index contributed by atoms with van der Waals surface area (Å²) in [5, 5.41) is 8.85. The highest BCUT2D eigenvalue weighted by Crippen LogP contribution is 2.34. The Balaban J connectivity index is 1.29. The van der Waals surface area contributed by atoms with Gasteiger partial charge in [0.25, 0.3) is 0 Å². The van der Waals surface area contributed by atoms with Gasteiger partial charge in [0.15, 0.2) is 0 Å². The highest BCUT2D eigenvalue weighted by atomic mass is 19.1. The molecule has 2 aliphatic rings. The van der Waals surface area contributed by atoms with Gasteiger partial charge < -0.3 is 25.8 Å². The molecule has 3 N–H and O–H groups in total. The van der Waals surface area contributed by atoms with Crippen LogP contribution in [0.5, 0.6) is 0 Å². The number of carbonyl (C=O) groups excluding carboxylic acids is 4. The number of aromatic nitrogens is 1. The molecule has 0 spiro atoms. The van der Waals surface area contributed by atoms with Gasteiger partial charge in [0.05, 0.1) is 0 Å². The van der Waals surface area contributed by atoms with Crippen LogP contribution in [0, 0.1) is 17.2 Å². The van der Waals surface area contributed by atoms with E-state index in [0.29, 0.717) is 62.4 Å². The number of piperidine rings is 1. The highest BCUT2D eigenvalue weighted by molar-refractivity contribution is 5.96. The molecule has 10 nitrogen and oxygen atoms in total. The van der Waals surface area contributed by atoms with Gasteiger partial charge in [0.2, 0.25) is 23.6 Å². The minimum absolute atomic E-state index is 0.0248. The Bertz CT molecular complexity index is 1610. The molecule has 2 heterocycles. The van der Waals surface area contributed by atoms with Crippen LogP contribution in [0.15, 0.2) is 60.8 Å². The normalized spacial score (nSPS) is 16.8. The van der Waals surface area contributed by atoms with Crippen molar-refractivity contribution in [2.24, 2.45) is 11.3 Å². The highest BCUT2D eigenvalue weighted by Gasteiger charge is 2.40. The molecule has 5 rings (SSSR count). The summed E-state index contributed by atoms with van der Waals surface area (Å²) in [5.41, 5.74) is 3.31. The second kappa shape index (κ2) is 14.2. The first-order chi connectivity index (χ1) is 22.0. The number of rotatable bonds is 10. The first-order valence-corrected chi connectivity index (χ1v) is 15.6. The number of amides is 4. The Morgan fingerprint density at radius 2 is 1.74 bits per heavy atom. The largest absolute Gasteiger partial charge is 0.343 e. The Morgan fingerprint density at radius 1 is 0.978 bits per heavy atom. The first kappa shape index (κ1) is 32.7. The lowest BCUT2D eigenvalue weighted by Gasteiger charge is -2.40. The first-order valence-electron chi connectivity index (χ1n) is 15.6. The van der Waals surface area contributed by atoms with Crippen LogP contribution in [0.2, 0.25) is 0 Å². The van der Waals surface area contributed by atoms with E-state index in [2.05, 4.69) is 20.9 Å². The molecule has 242 valence electrons. The maximum absolute atomic E-state index is 14.1. The van der Waals surface area contributed by atoms with Crippen LogP contribution in [0.25, 0.3) is 0 Å². The smallest absolute Gasteiger partial charge is 0.244 e. The summed E-state index contributed by atoms with van der Waals surface area (Å²) < 4.78 is 14.1. The SMILES string of the molecule is CNCc1cc(F)ccc1CN(CC(=O)Nc1ccc2c(c1)CC(C(=O)Nc1ccccn1)C2)C(=O)C1(C)CCN(C(C)=O)CC1. The van der Waals surface area contributed by atoms with Crippen molar-refractivity contribution in [3.8, 4) is 0 Å². The standard InChI is InChI=1S/C35H41FN6O4/c1-23(43)41-14-11-35(2,12-15-41)34(46)42(21-25-7-9-29(36)18-28(25)20-37-3)22-32(44)39-30-10-8-24-16-27(17-26(24)19-30)33(45)40-31-6-4-5-13-38-31/h4-10,13,18-19,27,37H,11-12,14-17,20-22H2,1-3H3,(H,39,44)(H,38,40,45). The van der Waals surface area contributed by atoms with Gasteiger partial charge in [-0.1, -0.05) is 25.1 Å². The molecule has 1 saturated heterocycles. The van der Waals surface area contributed by atoms with Crippen molar-refractivity contribution in [2.75, 3.05) is 37.3 Å². The second-order valence-electron chi connectivity index (χ2n) is 12.5. The van der Waals surface area contributed by atoms with E-state index >= 15 is 0 Å². The summed E-state index contributed by atoms with van der Waals surface area (Å²) in [6, 6.07) is 15.4. The maximum atomic E-state index is 14.1. The molecule has 1 unspecified atom stereocenters. The van der Waals surface area contributed by atoms with Crippen LogP contribution in [-0.2, 0) is 45.1 Å². The van der Waals surface area contributed by atoms with Gasteiger partial charge in [-0.05, 0) is 91.4 Å². The molecular weight excluding hydrogens is 587 g/mol. The summed E-state index contributed by atoms with van der Waals surface area (Å²) in [6.07, 6.45) is 3.72. The van der Waals surface area contributed by atoms with Crippen LogP contribution in [-0.4, -0.2) is 65.1 Å². The third-order valence-electron chi connectivity index (χ3n) is 9.06. The zero-order chi connectivity index (χ0) is 32.8. The summed E-state index contributed by atoms with van der Waals surface area (Å²) in [6.45, 7) is 4.68. The third-order valence-corrected chi connectivity index (χ3v) is 9.06. The topological polar surface area (TPSA) is 124 Å². The molecule has 4 amide bonds. The van der Waals surface area contributed by atoms with E-state index in [1.54, 1.807) is 36.3 Å². The van der Waals surface area contributed by atoms with Gasteiger partial charge in [0.1, 0.15) is 18.2 Å². The number of likely N-dealkylation sites (tertiary alicyclic amines) is 1. The molecule has 1 aromatic heterocycles. The van der Waals surface area contributed by atoms with E-state index in [1.807, 2.05) is 31.2 Å². The summed E-state index contributed by atoms with van der Waals surface area (Å²) in [5.74, 6) is -0.777. The lowest BCUT2D eigenvalue weighted by atomic mass is 9.78. The number of halogens is 1. The molecule has 3 aromatic rings. The van der Waals surface area contributed by atoms with Crippen molar-refractivity contribution in [2.45, 2.75) is 52.6 Å². The number of hydrogen-bond acceptors (Lipinski definition) is 6. The lowest BCUT2D eigenvalue weighted by Crippen LogP contribution is -2.51. The zero-order valence-electron chi connectivity index (χ0n) is 26.6. The summed E-state index contributed by atoms with van der Waals surface area (Å²) >= 11 is 0. The third kappa shape index (κ3) is 7.77. The maximum Gasteiger partial charge on any atom is 0.244 e. The van der Waals surface area contributed by atoms with Crippen molar-refractivity contribution in [3.63, 3.8) is 0 Å². The molecule has 1 aliphatic heterocycles. The predicted molar refractivity (Wildman–Crippen MR) is 173 cm³/mol. The molecule has 1 aliphatic carbocycles. The van der Waals surface area contributed by atoms with Crippen LogP contribution < -0.4 is 16.0 Å². The Hall–Kier alpha value is -4.64. The lowest BCUT2D eigenvalue weighted by molar-refractivity contribution is -0.148. The van der Waals surface area contributed by atoms with Crippen LogP contribution in [0.1, 0.15) is 48.9 Å². The van der Waals surface area contributed by atoms with E-state index in [0.717, 1.165) is 16.7 Å². The molecule has 11 heteroatoms. The fourth-order valence-corrected chi connectivity index (χ4v) is 6.34. The molecule has 1 atom stereocenters. The summed E-state index contributed by atoms with van der Waals surface area (Å²) in [4.78, 5) is 59.8. The van der Waals surface area contributed by atoms with Crippen LogP contribution >= 0.6 is 0 Å². The Kier molecular flexibility index (Phi) is 10.1. The number of pyridine rings is 1. The van der Waals surface area contributed by atoms with Crippen molar-refractivity contribution < 1.29 is 23.6 Å². The zero-order valence-corrected chi connectivity index (χ0v) is 26.6. The van der Waals surface area contributed by atoms with Gasteiger partial charge in [-0.2, -0.15) is 0 Å². The van der Waals surface area contributed by atoms with Gasteiger partial charge in [0, 0.05) is 56.3 Å². The fraction of sp³-hybridized carbons (Fsp3) is 0.400. The number of nitrogens with zero attached hydrogens (tertiary/aromatic N) is 3. The molecule has 0 radical (unpaired) electrons. The Morgan fingerprint density at radius 3 is 2.43 bits per heavy atom. The van der Waals surface area contributed by atoms with E-state index in [4.69, 9.17) is 0 Å². The molecule has 1 fully saturated rings. The van der Waals surface area contributed by atoms with E-state index in [-0.39, 0.29) is 48.5 Å². The van der Waals surface area contributed by atoms with E-state index in [9.17, 15) is 23.6 Å². The van der Waals surface area contributed by atoms with E-state index in [1.165, 1.54) is 24.0 Å². The number of fused-ring (bicyclic) bond motifs is 1. The molecular formula is C35H41FN6O4. The number of benzene rings is 2. The van der Waals surface area contributed by atoms with E-state index < -0.39 is 5.41 Å². The van der Waals surface area contributed by atoms with Crippen LogP contribution in [0.3, 0.4) is 0 Å². The minimum Gasteiger partial charge on any atom is -0.343 e. The molecule has 46 heavy (non-hydrogen) atoms. The van der Waals surface area contributed by atoms with Crippen molar-refractivity contribution >= 4 is 35.1 Å². The molecule has 2 aromatic carbocycles. The molecule has 0 saturated carbocycles. The van der Waals surface area contributed by atoms with Crippen LogP contribution in [0.4, 0.5) is 15.9 Å². The van der Waals surface area contributed by atoms with Gasteiger partial charge in [-0.3, -0.25) is 19.2 Å². The number of nitrogens with one attached hydrogen (secondary N) is 3. The quantitative estimate of drug-likeness (QED) is 0.313. The van der Waals surface area contributed by atoms with Crippen molar-refractivity contribution in [1.82, 2.24) is 20.1 Å². The summed E-state index contributed by atoms with van der Waals surface area (Å²) in [7, 11) is 1.76. The fourth-order valence-electron chi connectivity index (χ4n) is 6.34. The predicted octanol–water partition coefficient (Wildman–Crippen LogP) is 3.91. The van der Waals surface area contributed by atoms with Crippen molar-refractivity contribution in [3.05, 3.63) is 88.9 Å². The van der Waals surface area contributed by atoms with Gasteiger partial charge in [-0.25, -0.2) is 9.37 Å². The van der Waals surface area contributed by atoms with Gasteiger partial charge in [-0.15, -0.1) is 0 Å². The number of anilines is 2. The minimum atomic E-state index is -0.756.